The van der Waals surface area contributed by atoms with Gasteiger partial charge >= 0.3 is 0 Å². The number of terminal acetylenes is 1. The Kier molecular flexibility index (Phi) is 5.37. The van der Waals surface area contributed by atoms with Crippen LogP contribution in [0.3, 0.4) is 0 Å². The van der Waals surface area contributed by atoms with Crippen LogP contribution in [0.4, 0.5) is 14.5 Å². The number of rotatable bonds is 6. The summed E-state index contributed by atoms with van der Waals surface area (Å²) in [7, 11) is 0. The van der Waals surface area contributed by atoms with Gasteiger partial charge in [0, 0.05) is 17.2 Å². The minimum absolute atomic E-state index is 0.00323. The number of ether oxygens (including phenoxy) is 2. The van der Waals surface area contributed by atoms with Crippen LogP contribution in [0.5, 0.6) is 5.88 Å². The number of hydrogen-bond donors (Lipinski definition) is 2. The van der Waals surface area contributed by atoms with Crippen molar-refractivity contribution >= 4 is 29.2 Å². The van der Waals surface area contributed by atoms with Crippen molar-refractivity contribution in [1.29, 1.82) is 0 Å². The van der Waals surface area contributed by atoms with Crippen LogP contribution in [0.2, 0.25) is 5.02 Å². The number of hydrogen-bond acceptors (Lipinski definition) is 7. The fourth-order valence-electron chi connectivity index (χ4n) is 3.52. The second-order valence-corrected chi connectivity index (χ2v) is 7.39. The monoisotopic (exact) mass is 447 g/mol. The third kappa shape index (κ3) is 3.84. The van der Waals surface area contributed by atoms with Crippen molar-refractivity contribution in [2.45, 2.75) is 18.1 Å². The quantitative estimate of drug-likeness (QED) is 0.658. The Morgan fingerprint density at radius 3 is 2.94 bits per heavy atom. The largest absolute Gasteiger partial charge is 0.463 e. The summed E-state index contributed by atoms with van der Waals surface area (Å²) in [5.41, 5.74) is 4.27. The van der Waals surface area contributed by atoms with Crippen LogP contribution in [-0.2, 0) is 10.3 Å². The Morgan fingerprint density at radius 1 is 1.45 bits per heavy atom. The zero-order valence-electron chi connectivity index (χ0n) is 15.9. The predicted octanol–water partition coefficient (Wildman–Crippen LogP) is 2.43. The zero-order chi connectivity index (χ0) is 22.2. The molecule has 2 aromatic rings. The second-order valence-electron chi connectivity index (χ2n) is 7.01. The molecule has 0 spiro atoms. The van der Waals surface area contributed by atoms with Crippen LogP contribution < -0.4 is 15.8 Å². The van der Waals surface area contributed by atoms with Crippen molar-refractivity contribution in [3.63, 3.8) is 0 Å². The summed E-state index contributed by atoms with van der Waals surface area (Å²) in [5, 5.41) is 2.21. The van der Waals surface area contributed by atoms with E-state index in [2.05, 4.69) is 26.2 Å². The molecule has 3 unspecified atom stereocenters. The van der Waals surface area contributed by atoms with Crippen LogP contribution in [0.15, 0.2) is 29.5 Å². The van der Waals surface area contributed by atoms with Crippen LogP contribution >= 0.6 is 11.6 Å². The third-order valence-corrected chi connectivity index (χ3v) is 5.43. The Hall–Kier alpha value is -3.45. The first-order chi connectivity index (χ1) is 14.9. The van der Waals surface area contributed by atoms with E-state index in [9.17, 15) is 13.6 Å². The first-order valence-electron chi connectivity index (χ1n) is 9.15. The molecule has 1 saturated carbocycles. The van der Waals surface area contributed by atoms with Crippen molar-refractivity contribution in [3.05, 3.63) is 46.6 Å². The lowest BCUT2D eigenvalue weighted by atomic mass is 9.85. The van der Waals surface area contributed by atoms with E-state index in [0.717, 1.165) is 6.07 Å². The molecule has 2 aliphatic rings. The van der Waals surface area contributed by atoms with Gasteiger partial charge in [-0.2, -0.15) is 0 Å². The van der Waals surface area contributed by atoms with E-state index in [-0.39, 0.29) is 52.5 Å². The summed E-state index contributed by atoms with van der Waals surface area (Å²) in [5.74, 6) is 0.573. The zero-order valence-corrected chi connectivity index (χ0v) is 16.7. The molecule has 0 saturated heterocycles. The van der Waals surface area contributed by atoms with Gasteiger partial charge in [0.05, 0.1) is 17.4 Å². The topological polar surface area (TPSA) is 112 Å². The summed E-state index contributed by atoms with van der Waals surface area (Å²) < 4.78 is 39.2. The number of nitrogens with two attached hydrogens (primary N) is 1. The molecule has 1 aromatic carbocycles. The van der Waals surface area contributed by atoms with Crippen LogP contribution in [-0.4, -0.2) is 41.3 Å². The summed E-state index contributed by atoms with van der Waals surface area (Å²) >= 11 is 6.16. The third-order valence-electron chi connectivity index (χ3n) is 5.05. The Balaban J connectivity index is 1.62. The smallest absolute Gasteiger partial charge is 0.283 e. The highest BCUT2D eigenvalue weighted by atomic mass is 35.5. The molecular weight excluding hydrogens is 432 g/mol. The molecule has 2 heterocycles. The maximum absolute atomic E-state index is 14.6. The standard InChI is InChI=1S/C20H16ClF2N5O3/c1-2-3-30-16-8-25-14(7-26-16)18(29)27-10-4-12(17(21)13(23)5-10)20(9-22)11-6-15(11)31-19(24)28-20/h1,4-5,7-8,11,15H,3,6,9H2,(H2,24,28)(H,27,29). The summed E-state index contributed by atoms with van der Waals surface area (Å²) in [6.07, 6.45) is 7.70. The highest BCUT2D eigenvalue weighted by Gasteiger charge is 2.60. The van der Waals surface area contributed by atoms with Gasteiger partial charge in [-0.15, -0.1) is 6.42 Å². The van der Waals surface area contributed by atoms with E-state index in [1.807, 2.05) is 0 Å². The summed E-state index contributed by atoms with van der Waals surface area (Å²) in [6.45, 7) is -0.956. The molecule has 11 heteroatoms. The average Bonchev–Trinajstić information content (AvgIpc) is 3.54. The van der Waals surface area contributed by atoms with Gasteiger partial charge in [-0.1, -0.05) is 17.5 Å². The number of alkyl halides is 1. The highest BCUT2D eigenvalue weighted by molar-refractivity contribution is 6.31. The number of amides is 1. The normalized spacial score (nSPS) is 23.6. The molecule has 31 heavy (non-hydrogen) atoms. The number of anilines is 1. The Bertz CT molecular complexity index is 1110. The number of fused-ring (bicyclic) bond motifs is 1. The summed E-state index contributed by atoms with van der Waals surface area (Å²) in [6, 6.07) is 2.20. The van der Waals surface area contributed by atoms with Gasteiger partial charge in [0.15, 0.2) is 6.61 Å². The molecule has 1 amide bonds. The number of benzene rings is 1. The average molecular weight is 448 g/mol. The van der Waals surface area contributed by atoms with Gasteiger partial charge in [-0.3, -0.25) is 4.79 Å². The number of halogens is 3. The van der Waals surface area contributed by atoms with Gasteiger partial charge in [-0.25, -0.2) is 23.7 Å². The van der Waals surface area contributed by atoms with Gasteiger partial charge in [0.2, 0.25) is 5.88 Å². The molecule has 8 nitrogen and oxygen atoms in total. The van der Waals surface area contributed by atoms with Crippen molar-refractivity contribution < 1.29 is 23.0 Å². The van der Waals surface area contributed by atoms with Crippen molar-refractivity contribution in [1.82, 2.24) is 9.97 Å². The van der Waals surface area contributed by atoms with E-state index < -0.39 is 23.9 Å². The van der Waals surface area contributed by atoms with Crippen LogP contribution in [0, 0.1) is 24.1 Å². The molecule has 1 aliphatic carbocycles. The lowest BCUT2D eigenvalue weighted by molar-refractivity contribution is 0.102. The van der Waals surface area contributed by atoms with Crippen molar-refractivity contribution in [2.75, 3.05) is 18.6 Å². The number of nitrogens with zero attached hydrogens (tertiary/aromatic N) is 3. The number of aliphatic imine (C=N–C) groups is 1. The predicted molar refractivity (Wildman–Crippen MR) is 108 cm³/mol. The number of nitrogens with one attached hydrogen (secondary N) is 1. The van der Waals surface area contributed by atoms with E-state index in [0.29, 0.717) is 6.42 Å². The minimum Gasteiger partial charge on any atom is -0.463 e. The van der Waals surface area contributed by atoms with Crippen molar-refractivity contribution in [3.8, 4) is 18.2 Å². The fraction of sp³-hybridized carbons (Fsp3) is 0.300. The molecule has 160 valence electrons. The van der Waals surface area contributed by atoms with E-state index in [4.69, 9.17) is 33.2 Å². The van der Waals surface area contributed by atoms with Gasteiger partial charge in [-0.05, 0) is 18.6 Å². The molecule has 1 aromatic heterocycles. The molecule has 3 N–H and O–H groups in total. The molecular formula is C20H16ClF2N5O3. The molecule has 1 fully saturated rings. The molecule has 1 aliphatic heterocycles. The maximum Gasteiger partial charge on any atom is 0.283 e. The number of carbonyl (C=O) groups excluding carboxylic acids is 1. The minimum atomic E-state index is -1.48. The molecule has 0 radical (unpaired) electrons. The van der Waals surface area contributed by atoms with Gasteiger partial charge in [0.25, 0.3) is 11.9 Å². The second kappa shape index (κ2) is 8.00. The van der Waals surface area contributed by atoms with E-state index in [1.54, 1.807) is 0 Å². The fourth-order valence-corrected chi connectivity index (χ4v) is 3.79. The first kappa shape index (κ1) is 20.8. The maximum atomic E-state index is 14.6. The Morgan fingerprint density at radius 2 is 2.26 bits per heavy atom. The van der Waals surface area contributed by atoms with E-state index in [1.165, 1.54) is 18.5 Å². The summed E-state index contributed by atoms with van der Waals surface area (Å²) in [4.78, 5) is 24.5. The lowest BCUT2D eigenvalue weighted by Gasteiger charge is -2.32. The van der Waals surface area contributed by atoms with E-state index >= 15 is 0 Å². The number of carbonyl (C=O) groups is 1. The van der Waals surface area contributed by atoms with Crippen LogP contribution in [0.1, 0.15) is 22.5 Å². The molecule has 3 atom stereocenters. The van der Waals surface area contributed by atoms with Gasteiger partial charge in [0.1, 0.15) is 29.8 Å². The SMILES string of the molecule is C#CCOc1cnc(C(=O)Nc2cc(F)c(Cl)c(C3(CF)N=C(N)OC4CC43)c2)cn1. The molecule has 0 bridgehead atoms. The lowest BCUT2D eigenvalue weighted by Crippen LogP contribution is -2.39. The van der Waals surface area contributed by atoms with Crippen LogP contribution in [0.25, 0.3) is 0 Å². The molecule has 4 rings (SSSR count). The number of aromatic nitrogens is 2. The van der Waals surface area contributed by atoms with Crippen molar-refractivity contribution in [2.24, 2.45) is 16.6 Å². The number of amidine groups is 1. The first-order valence-corrected chi connectivity index (χ1v) is 9.53. The highest BCUT2D eigenvalue weighted by Crippen LogP contribution is 2.54. The van der Waals surface area contributed by atoms with Gasteiger partial charge < -0.3 is 20.5 Å². The Labute approximate surface area is 180 Å².